The molecule has 0 saturated carbocycles. The molecule has 0 heterocycles. The first-order valence-corrected chi connectivity index (χ1v) is 18.6. The van der Waals surface area contributed by atoms with Crippen LogP contribution in [0, 0.1) is 0 Å². The van der Waals surface area contributed by atoms with E-state index in [0.717, 1.165) is 0 Å². The molecule has 0 spiro atoms. The molecule has 0 atom stereocenters. The average Bonchev–Trinajstić information content (AvgIpc) is 2.42. The van der Waals surface area contributed by atoms with Crippen LogP contribution in [-0.4, -0.2) is 51.8 Å². The molecule has 6 nitrogen and oxygen atoms in total. The van der Waals surface area contributed by atoms with Crippen molar-refractivity contribution in [3.05, 3.63) is 0 Å². The minimum atomic E-state index is -4.86. The monoisotopic (exact) mass is 502 g/mol. The van der Waals surface area contributed by atoms with Crippen molar-refractivity contribution in [2.24, 2.45) is 0 Å². The number of hydrogen-bond acceptors (Lipinski definition) is 4. The molecular formula is C20H46O6S2Si2. The molecule has 2 N–H and O–H groups in total. The molecule has 30 heavy (non-hydrogen) atoms. The summed E-state index contributed by atoms with van der Waals surface area (Å²) in [6.07, 6.45) is 0. The Kier molecular flexibility index (Phi) is 9.71. The summed E-state index contributed by atoms with van der Waals surface area (Å²) in [5, 5.41) is 0. The van der Waals surface area contributed by atoms with E-state index in [1.165, 1.54) is 0 Å². The van der Waals surface area contributed by atoms with Gasteiger partial charge in [0.2, 0.25) is 0 Å². The van der Waals surface area contributed by atoms with E-state index in [-0.39, 0.29) is 33.2 Å². The SMILES string of the molecule is CC(C)[Si](C(C)C)(C(C)C)C(CS(=O)(=O)O)([Si](C(C)C)(C(C)C)C(C)C)S(=O)(=O)O. The zero-order chi connectivity index (χ0) is 24.7. The van der Waals surface area contributed by atoms with Crippen LogP contribution in [0.4, 0.5) is 0 Å². The minimum Gasteiger partial charge on any atom is -0.286 e. The molecular weight excluding hydrogens is 457 g/mol. The lowest BCUT2D eigenvalue weighted by atomic mass is 10.5. The van der Waals surface area contributed by atoms with Gasteiger partial charge in [0, 0.05) is 0 Å². The van der Waals surface area contributed by atoms with Crippen LogP contribution in [0.3, 0.4) is 0 Å². The fraction of sp³-hybridized carbons (Fsp3) is 1.00. The smallest absolute Gasteiger partial charge is 0.266 e. The van der Waals surface area contributed by atoms with Crippen molar-refractivity contribution in [2.75, 3.05) is 5.75 Å². The zero-order valence-electron chi connectivity index (χ0n) is 21.0. The Bertz CT molecular complexity index is 709. The standard InChI is InChI=1S/C20H46O6S2Si2/c1-14(2)29(15(3)4,16(5)6)20(28(24,25)26,13-27(21,22)23)30(17(7)8,18(9)10)19(11)12/h14-19H,13H2,1-12H3,(H,21,22,23)(H,24,25,26). The van der Waals surface area contributed by atoms with E-state index < -0.39 is 46.1 Å². The molecule has 0 aromatic carbocycles. The van der Waals surface area contributed by atoms with Crippen LogP contribution in [0.5, 0.6) is 0 Å². The fourth-order valence-electron chi connectivity index (χ4n) is 8.20. The van der Waals surface area contributed by atoms with Crippen LogP contribution in [-0.2, 0) is 20.2 Å². The Hall–Kier alpha value is 0.254. The molecule has 0 amide bonds. The Morgan fingerprint density at radius 3 is 0.867 bits per heavy atom. The van der Waals surface area contributed by atoms with Gasteiger partial charge in [0.05, 0.1) is 21.9 Å². The van der Waals surface area contributed by atoms with Crippen molar-refractivity contribution in [2.45, 2.75) is 120 Å². The van der Waals surface area contributed by atoms with E-state index in [4.69, 9.17) is 0 Å². The van der Waals surface area contributed by atoms with Crippen molar-refractivity contribution in [3.8, 4) is 0 Å². The van der Waals surface area contributed by atoms with Crippen LogP contribution in [0.1, 0.15) is 83.1 Å². The molecule has 0 fully saturated rings. The highest BCUT2D eigenvalue weighted by Crippen LogP contribution is 2.62. The molecule has 10 heteroatoms. The molecule has 0 radical (unpaired) electrons. The highest BCUT2D eigenvalue weighted by molar-refractivity contribution is 7.95. The summed E-state index contributed by atoms with van der Waals surface area (Å²) >= 11 is 0. The highest BCUT2D eigenvalue weighted by atomic mass is 32.2. The van der Waals surface area contributed by atoms with Crippen LogP contribution in [0.2, 0.25) is 33.2 Å². The van der Waals surface area contributed by atoms with Crippen LogP contribution in [0.15, 0.2) is 0 Å². The van der Waals surface area contributed by atoms with Crippen molar-refractivity contribution < 1.29 is 25.9 Å². The Balaban J connectivity index is 8.51. The predicted octanol–water partition coefficient (Wildman–Crippen LogP) is 5.94. The maximum absolute atomic E-state index is 13.7. The lowest BCUT2D eigenvalue weighted by molar-refractivity contribution is 0.453. The van der Waals surface area contributed by atoms with E-state index in [1.54, 1.807) is 0 Å². The van der Waals surface area contributed by atoms with Crippen LogP contribution < -0.4 is 0 Å². The molecule has 0 saturated heterocycles. The van der Waals surface area contributed by atoms with Gasteiger partial charge in [0.15, 0.2) is 0 Å². The lowest BCUT2D eigenvalue weighted by Crippen LogP contribution is -2.83. The topological polar surface area (TPSA) is 109 Å². The van der Waals surface area contributed by atoms with E-state index in [9.17, 15) is 25.9 Å². The second kappa shape index (κ2) is 9.63. The van der Waals surface area contributed by atoms with Gasteiger partial charge in [-0.25, -0.2) is 0 Å². The second-order valence-electron chi connectivity index (χ2n) is 10.8. The first-order chi connectivity index (χ1) is 13.1. The van der Waals surface area contributed by atoms with Crippen molar-refractivity contribution in [3.63, 3.8) is 0 Å². The summed E-state index contributed by atoms with van der Waals surface area (Å²) in [4.78, 5) is 0. The van der Waals surface area contributed by atoms with Crippen molar-refractivity contribution in [1.82, 2.24) is 0 Å². The van der Waals surface area contributed by atoms with E-state index >= 15 is 0 Å². The lowest BCUT2D eigenvalue weighted by Gasteiger charge is -2.65. The van der Waals surface area contributed by atoms with Gasteiger partial charge in [-0.05, 0) is 33.2 Å². The molecule has 0 aromatic rings. The third-order valence-electron chi connectivity index (χ3n) is 7.96. The Labute approximate surface area is 188 Å². The van der Waals surface area contributed by atoms with Crippen molar-refractivity contribution in [1.29, 1.82) is 0 Å². The largest absolute Gasteiger partial charge is 0.286 e. The minimum absolute atomic E-state index is 0.121. The van der Waals surface area contributed by atoms with Gasteiger partial charge in [-0.2, -0.15) is 16.8 Å². The van der Waals surface area contributed by atoms with Gasteiger partial charge in [0.25, 0.3) is 20.2 Å². The first-order valence-electron chi connectivity index (χ1n) is 11.0. The second-order valence-corrected chi connectivity index (χ2v) is 27.5. The van der Waals surface area contributed by atoms with Crippen LogP contribution in [0.25, 0.3) is 0 Å². The molecule has 0 unspecified atom stereocenters. The molecule has 0 aliphatic heterocycles. The van der Waals surface area contributed by atoms with Gasteiger partial charge in [-0.15, -0.1) is 0 Å². The average molecular weight is 503 g/mol. The molecule has 0 aliphatic carbocycles. The quantitative estimate of drug-likeness (QED) is 0.267. The zero-order valence-corrected chi connectivity index (χ0v) is 24.6. The number of rotatable bonds is 11. The van der Waals surface area contributed by atoms with E-state index in [0.29, 0.717) is 0 Å². The summed E-state index contributed by atoms with van der Waals surface area (Å²) in [5.41, 5.74) is -0.726. The van der Waals surface area contributed by atoms with Gasteiger partial charge in [0.1, 0.15) is 3.99 Å². The molecule has 0 aromatic heterocycles. The van der Waals surface area contributed by atoms with Gasteiger partial charge in [-0.3, -0.25) is 9.11 Å². The van der Waals surface area contributed by atoms with Gasteiger partial charge >= 0.3 is 0 Å². The highest BCUT2D eigenvalue weighted by Gasteiger charge is 2.77. The molecule has 182 valence electrons. The molecule has 0 rings (SSSR count). The predicted molar refractivity (Wildman–Crippen MR) is 133 cm³/mol. The Morgan fingerprint density at radius 1 is 0.567 bits per heavy atom. The third-order valence-corrected chi connectivity index (χ3v) is 31.4. The maximum Gasteiger partial charge on any atom is 0.266 e. The summed E-state index contributed by atoms with van der Waals surface area (Å²) in [6, 6.07) is 0. The van der Waals surface area contributed by atoms with E-state index in [1.807, 2.05) is 83.1 Å². The fourth-order valence-corrected chi connectivity index (χ4v) is 42.5. The molecule has 0 aliphatic rings. The summed E-state index contributed by atoms with van der Waals surface area (Å²) < 4.78 is 71.9. The van der Waals surface area contributed by atoms with Crippen molar-refractivity contribution >= 4 is 36.4 Å². The Morgan fingerprint density at radius 2 is 0.767 bits per heavy atom. The van der Waals surface area contributed by atoms with Crippen LogP contribution >= 0.6 is 0 Å². The number of hydrogen-bond donors (Lipinski definition) is 2. The van der Waals surface area contributed by atoms with Gasteiger partial charge < -0.3 is 0 Å². The molecule has 0 bridgehead atoms. The summed E-state index contributed by atoms with van der Waals surface area (Å²) in [6.45, 7) is 23.6. The summed E-state index contributed by atoms with van der Waals surface area (Å²) in [5.74, 6) is -0.916. The normalized spacial score (nSPS) is 15.5. The van der Waals surface area contributed by atoms with E-state index in [2.05, 4.69) is 0 Å². The third kappa shape index (κ3) is 4.38. The maximum atomic E-state index is 13.7. The summed E-state index contributed by atoms with van der Waals surface area (Å²) in [7, 11) is -15.9. The first kappa shape index (κ1) is 30.3. The van der Waals surface area contributed by atoms with Gasteiger partial charge in [-0.1, -0.05) is 83.1 Å².